The van der Waals surface area contributed by atoms with Crippen molar-refractivity contribution in [3.63, 3.8) is 0 Å². The Labute approximate surface area is 630 Å². The molecule has 1 aliphatic heterocycles. The molecule has 0 spiro atoms. The van der Waals surface area contributed by atoms with E-state index in [9.17, 15) is 34.5 Å². The Hall–Kier alpha value is 0.165. The first-order chi connectivity index (χ1) is 44.0. The van der Waals surface area contributed by atoms with Crippen molar-refractivity contribution in [2.75, 3.05) is 34.5 Å². The number of ether oxygens (including phenoxy) is 3. The van der Waals surface area contributed by atoms with Gasteiger partial charge in [0.15, 0.2) is 23.1 Å². The van der Waals surface area contributed by atoms with Crippen molar-refractivity contribution in [1.29, 1.82) is 0 Å². The molecule has 0 aromatic heterocycles. The number of methoxy groups -OCH3 is 3. The van der Waals surface area contributed by atoms with Gasteiger partial charge in [-0.1, -0.05) is 84.4 Å². The van der Waals surface area contributed by atoms with Gasteiger partial charge >= 0.3 is 57.6 Å². The number of halogens is 7. The summed E-state index contributed by atoms with van der Waals surface area (Å²) in [4.78, 5) is 52.9. The predicted octanol–water partition coefficient (Wildman–Crippen LogP) is 14.0. The van der Waals surface area contributed by atoms with Gasteiger partial charge in [0, 0.05) is 129 Å². The Balaban J connectivity index is 0.000000159. The maximum atomic E-state index is 13.4. The van der Waals surface area contributed by atoms with Gasteiger partial charge in [-0.05, 0) is 226 Å². The maximum absolute atomic E-state index is 13.4. The summed E-state index contributed by atoms with van der Waals surface area (Å²) in [6.07, 6.45) is 17.1. The quantitative estimate of drug-likeness (QED) is 0.0489. The van der Waals surface area contributed by atoms with Gasteiger partial charge in [-0.25, -0.2) is 0 Å². The molecule has 0 radical (unpaired) electrons. The summed E-state index contributed by atoms with van der Waals surface area (Å²) < 4.78 is 28.9. The van der Waals surface area contributed by atoms with E-state index in [0.717, 1.165) is 114 Å². The molecule has 13 fully saturated rings. The molecule has 1 saturated heterocycles. The van der Waals surface area contributed by atoms with Gasteiger partial charge in [0.05, 0.1) is 36.6 Å². The molecule has 12 bridgehead atoms. The Bertz CT molecular complexity index is 3220. The number of carbonyl (C=O) groups is 4. The number of Topliss-reactive ketones (excluding diaryl/α,β-unsaturated/α-hetero) is 3. The summed E-state index contributed by atoms with van der Waals surface area (Å²) in [5.74, 6) is 6.74. The number of aliphatic hydroxyl groups is 3. The van der Waals surface area contributed by atoms with Crippen LogP contribution in [0.2, 0.25) is 0 Å². The van der Waals surface area contributed by atoms with Crippen LogP contribution in [0.5, 0.6) is 0 Å². The van der Waals surface area contributed by atoms with Gasteiger partial charge in [0.1, 0.15) is 0 Å². The second kappa shape index (κ2) is 34.0. The zero-order valence-corrected chi connectivity index (χ0v) is 69.2. The molecular formula is C73H93BBrI6O12-. The van der Waals surface area contributed by atoms with Crippen LogP contribution >= 0.6 is 114 Å². The van der Waals surface area contributed by atoms with Crippen molar-refractivity contribution in [2.24, 2.45) is 76.4 Å². The van der Waals surface area contributed by atoms with E-state index in [4.69, 9.17) is 23.5 Å². The van der Waals surface area contributed by atoms with Crippen LogP contribution in [0.4, 0.5) is 0 Å². The van der Waals surface area contributed by atoms with E-state index in [1.54, 1.807) is 27.4 Å². The van der Waals surface area contributed by atoms with Crippen LogP contribution in [-0.2, 0) is 43.3 Å². The third-order valence-electron chi connectivity index (χ3n) is 22.8. The fourth-order valence-corrected chi connectivity index (χ4v) is 20.2. The number of rotatable bonds is 18. The van der Waals surface area contributed by atoms with Crippen LogP contribution in [0.3, 0.4) is 0 Å². The number of hydrogen-bond acceptors (Lipinski definition) is 12. The van der Waals surface area contributed by atoms with Gasteiger partial charge in [-0.3, -0.25) is 19.2 Å². The second-order valence-corrected chi connectivity index (χ2v) is 47.3. The van der Waals surface area contributed by atoms with Crippen molar-refractivity contribution in [1.82, 2.24) is 0 Å². The molecule has 1 heterocycles. The van der Waals surface area contributed by atoms with Crippen LogP contribution in [0, 0.1) is 83.4 Å². The van der Waals surface area contributed by atoms with Gasteiger partial charge in [-0.2, -0.15) is 0 Å². The van der Waals surface area contributed by atoms with E-state index in [1.165, 1.54) is 25.7 Å². The van der Waals surface area contributed by atoms with E-state index < -0.39 is 23.9 Å². The Morgan fingerprint density at radius 2 is 0.892 bits per heavy atom. The van der Waals surface area contributed by atoms with E-state index >= 15 is 0 Å². The van der Waals surface area contributed by atoms with Gasteiger partial charge in [0.2, 0.25) is 0 Å². The summed E-state index contributed by atoms with van der Waals surface area (Å²) in [5, 5.41) is 32.4. The molecule has 6 unspecified atom stereocenters. The normalized spacial score (nSPS) is 32.3. The molecule has 3 N–H and O–H groups in total. The van der Waals surface area contributed by atoms with Crippen molar-refractivity contribution < 1.29 is 71.3 Å². The van der Waals surface area contributed by atoms with Gasteiger partial charge < -0.3 is 38.8 Å². The first-order valence-corrected chi connectivity index (χ1v) is 52.8. The van der Waals surface area contributed by atoms with E-state index in [0.29, 0.717) is 153 Å². The monoisotopic (exact) mass is 2010 g/mol. The van der Waals surface area contributed by atoms with Crippen LogP contribution in [0.15, 0.2) is 83.3 Å². The summed E-state index contributed by atoms with van der Waals surface area (Å²) in [5.41, 5.74) is 6.68. The molecule has 17 rings (SSSR count). The van der Waals surface area contributed by atoms with Crippen LogP contribution in [0.25, 0.3) is 0 Å². The van der Waals surface area contributed by atoms with Crippen LogP contribution in [-0.4, -0.2) is 96.9 Å². The molecule has 0 amide bonds. The Kier molecular flexibility index (Phi) is 28.2. The summed E-state index contributed by atoms with van der Waals surface area (Å²) >= 11 is 13.0. The molecule has 6 atom stereocenters. The molecule has 12 saturated carbocycles. The average molecular weight is 2010 g/mol. The van der Waals surface area contributed by atoms with Crippen molar-refractivity contribution >= 4 is 150 Å². The number of carbonyl (C=O) groups excluding carboxylic acids is 4. The molecular weight excluding hydrogens is 1920 g/mol. The first-order valence-electron chi connectivity index (χ1n) is 33.1. The third-order valence-corrected chi connectivity index (χ3v) is 23.3. The van der Waals surface area contributed by atoms with E-state index in [1.807, 2.05) is 79.7 Å². The summed E-state index contributed by atoms with van der Waals surface area (Å²) in [6.45, 7) is 8.64. The molecule has 13 aliphatic rings. The van der Waals surface area contributed by atoms with E-state index in [2.05, 4.69) is 104 Å². The minimum atomic E-state index is -0.477. The molecule has 4 aromatic carbocycles. The van der Waals surface area contributed by atoms with Gasteiger partial charge in [-0.15, -0.1) is 24.0 Å². The zero-order chi connectivity index (χ0) is 65.9. The Morgan fingerprint density at radius 3 is 1.27 bits per heavy atom. The predicted molar refractivity (Wildman–Crippen MR) is 409 cm³/mol. The number of hydrogen-bond donors (Lipinski definition) is 3. The molecule has 12 nitrogen and oxygen atoms in total. The molecule has 93 heavy (non-hydrogen) atoms. The van der Waals surface area contributed by atoms with E-state index in [-0.39, 0.29) is 52.5 Å². The summed E-state index contributed by atoms with van der Waals surface area (Å²) in [7, 11) is 4.55. The third kappa shape index (κ3) is 18.7. The minimum absolute atomic E-state index is 0. The fourth-order valence-electron chi connectivity index (χ4n) is 19.8. The zero-order valence-electron chi connectivity index (χ0n) is 54.5. The molecule has 20 heteroatoms. The Morgan fingerprint density at radius 1 is 0.538 bits per heavy atom. The number of benzene rings is 4. The van der Waals surface area contributed by atoms with Crippen molar-refractivity contribution in [3.8, 4) is 0 Å². The standard InChI is InChI=1S/C28H32O4.C25H35BO5.C20H25BrO3.I3.I2.HI/c1-17-5-3-4-6-23(17)27(30)19-7-8-24(22(11-19)16-32-2)26(29)12-25-20-9-18-10-21(25)15-28(31,13-18)14-20;1-24(2)14-30-26(31-15-24)20-4-5-21(19(8-20)13-29-3)23(27)9-22-17-6-16-7-18(22)12-25(28,10-16)11-17;1-24-11-15-6-16(21)2-3-17(15)19(22)7-18-13-4-12-5-14(18)10-20(23,8-12)9-13;1-3-2;1-2;/h3-8,11,18,20-21,25,31H,9-10,12-16H2,1-2H3;4-5,8,16-18,22,28H,6-7,9-15H2,1-3H3;2-3,6,12-14,18,23H,4-5,7-11H2,1H3;;;1H/q;;;-1;;. The number of ketones is 4. The molecule has 4 aromatic rings. The first kappa shape index (κ1) is 77.3. The SMILES string of the molecule is COCc1cc(B2OCC(C)(C)CO2)ccc1C(=O)CC1C2CC3CC1CC(O)(C3)C2.COCc1cc(Br)ccc1C(=O)CC1C2CC3CC1CC(O)(C3)C2.COCc1cc(C(=O)c2ccccc2C)ccc1C(=O)CC1C2CC3CC1CC(O)(C3)C2.I.II.I[I-]I. The number of aryl methyl sites for hydroxylation is 1. The van der Waals surface area contributed by atoms with Crippen LogP contribution in [0.1, 0.15) is 199 Å². The molecule has 12 aliphatic carbocycles. The van der Waals surface area contributed by atoms with Crippen molar-refractivity contribution in [2.45, 2.75) is 173 Å². The fraction of sp³-hybridized carbons (Fsp3) is 0.616. The van der Waals surface area contributed by atoms with Crippen LogP contribution < -0.4 is 18.7 Å². The summed E-state index contributed by atoms with van der Waals surface area (Å²) in [6, 6.07) is 24.7. The molecule has 510 valence electrons. The van der Waals surface area contributed by atoms with Crippen molar-refractivity contribution in [3.05, 3.63) is 133 Å². The topological polar surface area (TPSA) is 175 Å². The second-order valence-electron chi connectivity index (χ2n) is 30.2. The van der Waals surface area contributed by atoms with Gasteiger partial charge in [0.25, 0.3) is 0 Å². The average Bonchev–Trinajstić information content (AvgIpc) is 0.754.